The molecule has 0 spiro atoms. The first-order chi connectivity index (χ1) is 14.3. The zero-order valence-corrected chi connectivity index (χ0v) is 17.1. The summed E-state index contributed by atoms with van der Waals surface area (Å²) in [6, 6.07) is 14.2. The molecule has 1 aliphatic heterocycles. The zero-order chi connectivity index (χ0) is 19.9. The Kier molecular flexibility index (Phi) is 6.44. The van der Waals surface area contributed by atoms with Crippen LogP contribution in [0.2, 0.25) is 0 Å². The largest absolute Gasteiger partial charge is 0.340 e. The normalized spacial score (nSPS) is 15.1. The van der Waals surface area contributed by atoms with Crippen molar-refractivity contribution >= 4 is 23.3 Å². The molecule has 1 aliphatic rings. The Hall–Kier alpha value is -2.83. The summed E-state index contributed by atoms with van der Waals surface area (Å²) in [5.74, 6) is 0.163. The number of nitrogens with zero attached hydrogens (tertiary/aromatic N) is 4. The number of amides is 1. The Labute approximate surface area is 175 Å². The summed E-state index contributed by atoms with van der Waals surface area (Å²) in [7, 11) is 0. The molecule has 4 rings (SSSR count). The predicted molar refractivity (Wildman–Crippen MR) is 118 cm³/mol. The van der Waals surface area contributed by atoms with Gasteiger partial charge in [-0.05, 0) is 17.7 Å². The maximum Gasteiger partial charge on any atom is 0.228 e. The van der Waals surface area contributed by atoms with Crippen LogP contribution in [0, 0.1) is 0 Å². The van der Waals surface area contributed by atoms with Crippen LogP contribution in [0.25, 0.3) is 16.6 Å². The van der Waals surface area contributed by atoms with Crippen LogP contribution in [0.5, 0.6) is 0 Å². The lowest BCUT2D eigenvalue weighted by molar-refractivity contribution is -0.132. The fourth-order valence-corrected chi connectivity index (χ4v) is 4.19. The van der Waals surface area contributed by atoms with Crippen LogP contribution in [0.1, 0.15) is 11.3 Å². The summed E-state index contributed by atoms with van der Waals surface area (Å²) in [4.78, 5) is 25.7. The van der Waals surface area contributed by atoms with Gasteiger partial charge in [-0.1, -0.05) is 42.5 Å². The Morgan fingerprint density at radius 2 is 1.79 bits per heavy atom. The average Bonchev–Trinajstić information content (AvgIpc) is 3.24. The maximum absolute atomic E-state index is 12.7. The molecule has 3 aromatic rings. The van der Waals surface area contributed by atoms with E-state index in [4.69, 9.17) is 0 Å². The summed E-state index contributed by atoms with van der Waals surface area (Å²) < 4.78 is 0. The van der Waals surface area contributed by atoms with Crippen LogP contribution in [0.15, 0.2) is 66.3 Å². The van der Waals surface area contributed by atoms with Crippen LogP contribution in [0.4, 0.5) is 0 Å². The number of carbonyl (C=O) groups is 1. The lowest BCUT2D eigenvalue weighted by Gasteiger charge is -2.34. The molecule has 1 amide bonds. The summed E-state index contributed by atoms with van der Waals surface area (Å²) >= 11 is 1.57. The van der Waals surface area contributed by atoms with Crippen molar-refractivity contribution in [1.82, 2.24) is 19.8 Å². The summed E-state index contributed by atoms with van der Waals surface area (Å²) in [6.07, 6.45) is 8.24. The van der Waals surface area contributed by atoms with E-state index in [9.17, 15) is 4.79 Å². The van der Waals surface area contributed by atoms with Crippen molar-refractivity contribution in [3.05, 3.63) is 77.6 Å². The molecule has 6 heteroatoms. The minimum atomic E-state index is 0.163. The quantitative estimate of drug-likeness (QED) is 0.630. The summed E-state index contributed by atoms with van der Waals surface area (Å²) in [5, 5.41) is 2.92. The smallest absolute Gasteiger partial charge is 0.228 e. The van der Waals surface area contributed by atoms with E-state index in [0.29, 0.717) is 6.42 Å². The number of thiazole rings is 1. The molecular weight excluding hydrogens is 380 g/mol. The van der Waals surface area contributed by atoms with Crippen LogP contribution in [0.3, 0.4) is 0 Å². The van der Waals surface area contributed by atoms with Crippen molar-refractivity contribution in [2.75, 3.05) is 32.7 Å². The Morgan fingerprint density at radius 3 is 2.55 bits per heavy atom. The van der Waals surface area contributed by atoms with Crippen LogP contribution >= 0.6 is 11.3 Å². The summed E-state index contributed by atoms with van der Waals surface area (Å²) in [5.41, 5.74) is 3.11. The topological polar surface area (TPSA) is 49.3 Å². The lowest BCUT2D eigenvalue weighted by atomic mass is 10.2. The van der Waals surface area contributed by atoms with Crippen LogP contribution in [-0.4, -0.2) is 58.4 Å². The van der Waals surface area contributed by atoms with Crippen LogP contribution in [-0.2, 0) is 11.2 Å². The molecule has 1 saturated heterocycles. The van der Waals surface area contributed by atoms with Gasteiger partial charge in [0.05, 0.1) is 12.1 Å². The van der Waals surface area contributed by atoms with Crippen molar-refractivity contribution in [2.45, 2.75) is 6.42 Å². The van der Waals surface area contributed by atoms with Gasteiger partial charge in [-0.3, -0.25) is 14.7 Å². The number of pyridine rings is 1. The molecule has 0 unspecified atom stereocenters. The minimum Gasteiger partial charge on any atom is -0.340 e. The average molecular weight is 405 g/mol. The first kappa shape index (κ1) is 19.5. The molecule has 3 heterocycles. The minimum absolute atomic E-state index is 0.163. The van der Waals surface area contributed by atoms with Crippen molar-refractivity contribution in [3.8, 4) is 10.6 Å². The van der Waals surface area contributed by atoms with E-state index in [1.165, 1.54) is 5.56 Å². The second-order valence-electron chi connectivity index (χ2n) is 7.05. The molecule has 5 nitrogen and oxygen atoms in total. The van der Waals surface area contributed by atoms with E-state index < -0.39 is 0 Å². The number of hydrogen-bond donors (Lipinski definition) is 0. The molecule has 2 aromatic heterocycles. The third-order valence-corrected chi connectivity index (χ3v) is 5.95. The number of piperazine rings is 1. The van der Waals surface area contributed by atoms with E-state index in [1.54, 1.807) is 23.7 Å². The van der Waals surface area contributed by atoms with Crippen molar-refractivity contribution in [3.63, 3.8) is 0 Å². The van der Waals surface area contributed by atoms with E-state index in [2.05, 4.69) is 39.2 Å². The number of carbonyl (C=O) groups excluding carboxylic acids is 1. The number of aromatic nitrogens is 2. The van der Waals surface area contributed by atoms with E-state index in [1.807, 2.05) is 40.6 Å². The molecule has 148 valence electrons. The molecule has 0 N–H and O–H groups in total. The fraction of sp³-hybridized carbons (Fsp3) is 0.261. The highest BCUT2D eigenvalue weighted by Gasteiger charge is 2.21. The van der Waals surface area contributed by atoms with Gasteiger partial charge >= 0.3 is 0 Å². The van der Waals surface area contributed by atoms with E-state index >= 15 is 0 Å². The molecule has 0 atom stereocenters. The van der Waals surface area contributed by atoms with Gasteiger partial charge in [-0.15, -0.1) is 11.3 Å². The molecule has 29 heavy (non-hydrogen) atoms. The van der Waals surface area contributed by atoms with Gasteiger partial charge in [0.15, 0.2) is 0 Å². The fourth-order valence-electron chi connectivity index (χ4n) is 3.36. The zero-order valence-electron chi connectivity index (χ0n) is 16.3. The van der Waals surface area contributed by atoms with Crippen LogP contribution < -0.4 is 0 Å². The van der Waals surface area contributed by atoms with Gasteiger partial charge in [0.2, 0.25) is 5.91 Å². The standard InChI is InChI=1S/C23H24N4OS/c28-22(17-21-18-29-23(25-21)20-8-10-24-11-9-20)27-15-13-26(14-16-27)12-4-7-19-5-2-1-3-6-19/h1-11,18H,12-17H2/b7-4+. The van der Waals surface area contributed by atoms with Gasteiger partial charge in [0.25, 0.3) is 0 Å². The van der Waals surface area contributed by atoms with Gasteiger partial charge < -0.3 is 4.90 Å². The van der Waals surface area contributed by atoms with Crippen molar-refractivity contribution in [1.29, 1.82) is 0 Å². The second-order valence-corrected chi connectivity index (χ2v) is 7.91. The van der Waals surface area contributed by atoms with Gasteiger partial charge in [-0.25, -0.2) is 4.98 Å². The molecule has 0 bridgehead atoms. The van der Waals surface area contributed by atoms with Gasteiger partial charge in [0.1, 0.15) is 5.01 Å². The Morgan fingerprint density at radius 1 is 1.03 bits per heavy atom. The SMILES string of the molecule is O=C(Cc1csc(-c2ccncc2)n1)N1CCN(C/C=C/c2ccccc2)CC1. The van der Waals surface area contributed by atoms with Gasteiger partial charge in [-0.2, -0.15) is 0 Å². The number of rotatable bonds is 6. The monoisotopic (exact) mass is 404 g/mol. The number of benzene rings is 1. The molecule has 0 saturated carbocycles. The third kappa shape index (κ3) is 5.37. The molecule has 1 fully saturated rings. The molecular formula is C23H24N4OS. The van der Waals surface area contributed by atoms with E-state index in [0.717, 1.165) is 49.0 Å². The third-order valence-electron chi connectivity index (χ3n) is 5.01. The van der Waals surface area contributed by atoms with Crippen molar-refractivity contribution in [2.24, 2.45) is 0 Å². The highest BCUT2D eigenvalue weighted by Crippen LogP contribution is 2.23. The lowest BCUT2D eigenvalue weighted by Crippen LogP contribution is -2.49. The molecule has 0 aliphatic carbocycles. The second kappa shape index (κ2) is 9.58. The van der Waals surface area contributed by atoms with Crippen molar-refractivity contribution < 1.29 is 4.79 Å². The first-order valence-corrected chi connectivity index (χ1v) is 10.7. The Balaban J connectivity index is 1.24. The van der Waals surface area contributed by atoms with E-state index in [-0.39, 0.29) is 5.91 Å². The van der Waals surface area contributed by atoms with Gasteiger partial charge in [0, 0.05) is 56.1 Å². The highest BCUT2D eigenvalue weighted by atomic mass is 32.1. The highest BCUT2D eigenvalue weighted by molar-refractivity contribution is 7.13. The molecule has 1 aromatic carbocycles. The summed E-state index contributed by atoms with van der Waals surface area (Å²) in [6.45, 7) is 4.28. The predicted octanol–water partition coefficient (Wildman–Crippen LogP) is 3.61. The number of hydrogen-bond acceptors (Lipinski definition) is 5. The molecule has 0 radical (unpaired) electrons. The Bertz CT molecular complexity index is 947. The first-order valence-electron chi connectivity index (χ1n) is 9.84. The maximum atomic E-state index is 12.7.